The van der Waals surface area contributed by atoms with E-state index in [9.17, 15) is 4.79 Å². The fourth-order valence-electron chi connectivity index (χ4n) is 2.44. The monoisotopic (exact) mass is 373 g/mol. The Bertz CT molecular complexity index is 872. The van der Waals surface area contributed by atoms with Crippen LogP contribution < -0.4 is 10.1 Å². The third kappa shape index (κ3) is 4.89. The summed E-state index contributed by atoms with van der Waals surface area (Å²) in [4.78, 5) is 12.1. The molecule has 1 N–H and O–H groups in total. The van der Waals surface area contributed by atoms with Gasteiger partial charge in [0, 0.05) is 30.0 Å². The van der Waals surface area contributed by atoms with Crippen LogP contribution in [0, 0.1) is 6.92 Å². The Morgan fingerprint density at radius 2 is 2.19 bits per heavy atom. The second kappa shape index (κ2) is 8.58. The number of aromatic nitrogens is 2. The number of aryl methyl sites for hydroxylation is 2. The van der Waals surface area contributed by atoms with E-state index in [-0.39, 0.29) is 18.3 Å². The minimum atomic E-state index is -0.240. The van der Waals surface area contributed by atoms with Crippen LogP contribution in [0.25, 0.3) is 0 Å². The number of carbonyl (C=O) groups is 1. The number of furan rings is 1. The van der Waals surface area contributed by atoms with Gasteiger partial charge in [0.15, 0.2) is 5.76 Å². The van der Waals surface area contributed by atoms with E-state index < -0.39 is 0 Å². The maximum Gasteiger partial charge on any atom is 0.286 e. The zero-order chi connectivity index (χ0) is 18.4. The molecule has 0 unspecified atom stereocenters. The van der Waals surface area contributed by atoms with Crippen molar-refractivity contribution in [3.05, 3.63) is 70.9 Å². The van der Waals surface area contributed by atoms with E-state index in [1.54, 1.807) is 30.5 Å². The van der Waals surface area contributed by atoms with Crippen LogP contribution in [0.4, 0.5) is 0 Å². The molecule has 2 aromatic heterocycles. The molecular formula is C19H20ClN3O3. The molecule has 2 heterocycles. The lowest BCUT2D eigenvalue weighted by Crippen LogP contribution is -2.25. The van der Waals surface area contributed by atoms with Crippen LogP contribution in [0.3, 0.4) is 0 Å². The number of nitrogens with zero attached hydrogens (tertiary/aromatic N) is 2. The van der Waals surface area contributed by atoms with Gasteiger partial charge in [0.05, 0.1) is 0 Å². The highest BCUT2D eigenvalue weighted by atomic mass is 35.5. The first-order valence-electron chi connectivity index (χ1n) is 8.35. The summed E-state index contributed by atoms with van der Waals surface area (Å²) in [6.07, 6.45) is 2.56. The van der Waals surface area contributed by atoms with Gasteiger partial charge in [-0.05, 0) is 49.7 Å². The number of benzene rings is 1. The van der Waals surface area contributed by atoms with Gasteiger partial charge in [-0.2, -0.15) is 5.10 Å². The summed E-state index contributed by atoms with van der Waals surface area (Å²) in [7, 11) is 0. The smallest absolute Gasteiger partial charge is 0.286 e. The maximum atomic E-state index is 12.1. The topological polar surface area (TPSA) is 69.3 Å². The summed E-state index contributed by atoms with van der Waals surface area (Å²) in [5, 5.41) is 7.66. The first kappa shape index (κ1) is 18.1. The molecule has 0 saturated heterocycles. The zero-order valence-electron chi connectivity index (χ0n) is 14.4. The van der Waals surface area contributed by atoms with Gasteiger partial charge < -0.3 is 14.5 Å². The molecule has 26 heavy (non-hydrogen) atoms. The van der Waals surface area contributed by atoms with Gasteiger partial charge in [-0.25, -0.2) is 0 Å². The number of halogens is 1. The normalized spacial score (nSPS) is 10.7. The van der Waals surface area contributed by atoms with Gasteiger partial charge in [0.1, 0.15) is 18.1 Å². The van der Waals surface area contributed by atoms with E-state index >= 15 is 0 Å². The molecule has 0 atom stereocenters. The van der Waals surface area contributed by atoms with Crippen LogP contribution in [0.2, 0.25) is 5.02 Å². The highest BCUT2D eigenvalue weighted by molar-refractivity contribution is 6.30. The molecule has 0 aliphatic heterocycles. The molecule has 0 aliphatic carbocycles. The van der Waals surface area contributed by atoms with Crippen LogP contribution >= 0.6 is 11.6 Å². The fourth-order valence-corrected chi connectivity index (χ4v) is 2.62. The van der Waals surface area contributed by atoms with Crippen LogP contribution in [0.1, 0.15) is 28.4 Å². The second-order valence-electron chi connectivity index (χ2n) is 5.82. The molecule has 0 spiro atoms. The van der Waals surface area contributed by atoms with Crippen molar-refractivity contribution >= 4 is 17.5 Å². The van der Waals surface area contributed by atoms with E-state index in [2.05, 4.69) is 10.4 Å². The lowest BCUT2D eigenvalue weighted by molar-refractivity contribution is 0.0921. The number of ether oxygens (including phenoxy) is 1. The maximum absolute atomic E-state index is 12.1. The van der Waals surface area contributed by atoms with Crippen molar-refractivity contribution in [1.29, 1.82) is 0 Å². The summed E-state index contributed by atoms with van der Waals surface area (Å²) < 4.78 is 13.0. The first-order valence-corrected chi connectivity index (χ1v) is 8.73. The van der Waals surface area contributed by atoms with Crippen molar-refractivity contribution in [3.8, 4) is 5.75 Å². The molecule has 3 aromatic rings. The number of rotatable bonds is 8. The highest BCUT2D eigenvalue weighted by Gasteiger charge is 2.11. The van der Waals surface area contributed by atoms with E-state index in [0.29, 0.717) is 23.1 Å². The number of carbonyl (C=O) groups excluding carboxylic acids is 1. The fraction of sp³-hybridized carbons (Fsp3) is 0.263. The summed E-state index contributed by atoms with van der Waals surface area (Å²) in [6, 6.07) is 12.4. The van der Waals surface area contributed by atoms with Crippen molar-refractivity contribution in [2.75, 3.05) is 6.54 Å². The Morgan fingerprint density at radius 1 is 1.31 bits per heavy atom. The van der Waals surface area contributed by atoms with Crippen molar-refractivity contribution in [2.45, 2.75) is 26.5 Å². The van der Waals surface area contributed by atoms with E-state index in [4.69, 9.17) is 20.8 Å². The van der Waals surface area contributed by atoms with Crippen LogP contribution in [-0.2, 0) is 13.2 Å². The Kier molecular flexibility index (Phi) is 5.96. The van der Waals surface area contributed by atoms with Crippen molar-refractivity contribution < 1.29 is 13.9 Å². The molecule has 6 nitrogen and oxygen atoms in total. The summed E-state index contributed by atoms with van der Waals surface area (Å²) >= 11 is 5.91. The van der Waals surface area contributed by atoms with E-state index in [1.807, 2.05) is 29.8 Å². The number of hydrogen-bond donors (Lipinski definition) is 1. The Morgan fingerprint density at radius 3 is 2.96 bits per heavy atom. The number of hydrogen-bond acceptors (Lipinski definition) is 4. The molecule has 0 saturated carbocycles. The molecule has 0 radical (unpaired) electrons. The average Bonchev–Trinajstić information content (AvgIpc) is 3.26. The molecular weight excluding hydrogens is 354 g/mol. The highest BCUT2D eigenvalue weighted by Crippen LogP contribution is 2.19. The largest absolute Gasteiger partial charge is 0.486 e. The van der Waals surface area contributed by atoms with Crippen molar-refractivity contribution in [3.63, 3.8) is 0 Å². The summed E-state index contributed by atoms with van der Waals surface area (Å²) in [5.41, 5.74) is 1.10. The molecule has 3 rings (SSSR count). The molecule has 0 aliphatic rings. The second-order valence-corrected chi connectivity index (χ2v) is 6.25. The minimum absolute atomic E-state index is 0.228. The van der Waals surface area contributed by atoms with Crippen LogP contribution in [0.15, 0.2) is 53.1 Å². The van der Waals surface area contributed by atoms with Gasteiger partial charge in [-0.1, -0.05) is 17.7 Å². The Hall–Kier alpha value is -2.73. The van der Waals surface area contributed by atoms with Gasteiger partial charge in [0.25, 0.3) is 5.91 Å². The molecule has 0 bridgehead atoms. The third-order valence-electron chi connectivity index (χ3n) is 3.82. The Labute approximate surface area is 156 Å². The van der Waals surface area contributed by atoms with Gasteiger partial charge in [-0.3, -0.25) is 9.48 Å². The molecule has 0 fully saturated rings. The standard InChI is InChI=1S/C19H20ClN3O3/c1-14-8-10-22-23(14)11-3-9-21-19(24)18-7-6-17(26-18)13-25-16-5-2-4-15(20)12-16/h2,4-8,10,12H,3,9,11,13H2,1H3,(H,21,24). The molecule has 1 amide bonds. The van der Waals surface area contributed by atoms with Crippen LogP contribution in [0.5, 0.6) is 5.75 Å². The van der Waals surface area contributed by atoms with E-state index in [1.165, 1.54) is 0 Å². The zero-order valence-corrected chi connectivity index (χ0v) is 15.2. The van der Waals surface area contributed by atoms with Gasteiger partial charge in [-0.15, -0.1) is 0 Å². The molecule has 7 heteroatoms. The van der Waals surface area contributed by atoms with Crippen molar-refractivity contribution in [2.24, 2.45) is 0 Å². The SMILES string of the molecule is Cc1ccnn1CCCNC(=O)c1ccc(COc2cccc(Cl)c2)o1. The molecule has 136 valence electrons. The average molecular weight is 374 g/mol. The van der Waals surface area contributed by atoms with Gasteiger partial charge >= 0.3 is 0 Å². The lowest BCUT2D eigenvalue weighted by atomic mass is 10.3. The number of amides is 1. The predicted octanol–water partition coefficient (Wildman–Crippen LogP) is 3.84. The van der Waals surface area contributed by atoms with E-state index in [0.717, 1.165) is 18.7 Å². The predicted molar refractivity (Wildman–Crippen MR) is 98.4 cm³/mol. The minimum Gasteiger partial charge on any atom is -0.486 e. The van der Waals surface area contributed by atoms with Crippen molar-refractivity contribution in [1.82, 2.24) is 15.1 Å². The van der Waals surface area contributed by atoms with Gasteiger partial charge in [0.2, 0.25) is 0 Å². The number of nitrogens with one attached hydrogen (secondary N) is 1. The Balaban J connectivity index is 1.43. The summed E-state index contributed by atoms with van der Waals surface area (Å²) in [6.45, 7) is 3.54. The van der Waals surface area contributed by atoms with Crippen LogP contribution in [-0.4, -0.2) is 22.2 Å². The third-order valence-corrected chi connectivity index (χ3v) is 4.06. The summed E-state index contributed by atoms with van der Waals surface area (Å²) in [5.74, 6) is 1.25. The quantitative estimate of drug-likeness (QED) is 0.609. The lowest BCUT2D eigenvalue weighted by Gasteiger charge is -2.06. The first-order chi connectivity index (χ1) is 12.6. The molecule has 1 aromatic carbocycles.